The minimum atomic E-state index is -0.776. The summed E-state index contributed by atoms with van der Waals surface area (Å²) in [5.41, 5.74) is 6.62. The van der Waals surface area contributed by atoms with Crippen molar-refractivity contribution >= 4 is 17.5 Å². The minimum absolute atomic E-state index is 0.0302. The van der Waals surface area contributed by atoms with E-state index in [2.05, 4.69) is 0 Å². The van der Waals surface area contributed by atoms with E-state index in [0.717, 1.165) is 5.69 Å². The Morgan fingerprint density at radius 2 is 1.91 bits per heavy atom. The van der Waals surface area contributed by atoms with E-state index in [-0.39, 0.29) is 17.4 Å². The van der Waals surface area contributed by atoms with E-state index in [4.69, 9.17) is 5.73 Å². The number of nitrogens with zero attached hydrogens (tertiary/aromatic N) is 1. The Hall–Kier alpha value is -2.69. The van der Waals surface area contributed by atoms with Crippen LogP contribution in [0.5, 0.6) is 0 Å². The molecule has 5 heteroatoms. The highest BCUT2D eigenvalue weighted by Crippen LogP contribution is 2.28. The molecule has 0 aliphatic carbocycles. The molecule has 2 aromatic carbocycles. The summed E-state index contributed by atoms with van der Waals surface area (Å²) in [6.45, 7) is 0.553. The number of rotatable bonds is 4. The van der Waals surface area contributed by atoms with Crippen molar-refractivity contribution < 1.29 is 14.0 Å². The predicted octanol–water partition coefficient (Wildman–Crippen LogP) is 2.52. The fourth-order valence-corrected chi connectivity index (χ4v) is 3.10. The van der Waals surface area contributed by atoms with Crippen LogP contribution in [0.2, 0.25) is 0 Å². The average molecular weight is 312 g/mol. The summed E-state index contributed by atoms with van der Waals surface area (Å²) in [4.78, 5) is 25.4. The lowest BCUT2D eigenvalue weighted by Gasteiger charge is -2.17. The number of anilines is 1. The van der Waals surface area contributed by atoms with Crippen molar-refractivity contribution in [3.63, 3.8) is 0 Å². The van der Waals surface area contributed by atoms with E-state index < -0.39 is 11.7 Å². The molecule has 1 aliphatic rings. The molecule has 2 aromatic rings. The Bertz CT molecular complexity index is 746. The molecule has 0 radical (unpaired) electrons. The van der Waals surface area contributed by atoms with Gasteiger partial charge in [0.15, 0.2) is 0 Å². The number of halogens is 1. The summed E-state index contributed by atoms with van der Waals surface area (Å²) in [6, 6.07) is 13.9. The van der Waals surface area contributed by atoms with Gasteiger partial charge in [0.2, 0.25) is 5.91 Å². The molecule has 4 nitrogen and oxygen atoms in total. The third kappa shape index (κ3) is 3.08. The summed E-state index contributed by atoms with van der Waals surface area (Å²) in [5, 5.41) is 0. The standard InChI is InChI=1S/C18H17FN2O2/c19-15-8-4-5-13(17(15)18(20)23)9-12-10-16(22)21(11-12)14-6-2-1-3-7-14/h1-8,12H,9-11H2,(H2,20,23)/t12-/m0/s1. The molecule has 0 unspecified atom stereocenters. The van der Waals surface area contributed by atoms with Gasteiger partial charge in [-0.3, -0.25) is 9.59 Å². The van der Waals surface area contributed by atoms with Crippen molar-refractivity contribution in [3.05, 3.63) is 65.5 Å². The third-order valence-electron chi connectivity index (χ3n) is 4.13. The summed E-state index contributed by atoms with van der Waals surface area (Å²) in [6.07, 6.45) is 0.828. The lowest BCUT2D eigenvalue weighted by atomic mass is 9.94. The molecular formula is C18H17FN2O2. The number of nitrogens with two attached hydrogens (primary N) is 1. The maximum absolute atomic E-state index is 13.8. The van der Waals surface area contributed by atoms with Crippen LogP contribution in [0.1, 0.15) is 22.3 Å². The van der Waals surface area contributed by atoms with Crippen molar-refractivity contribution in [3.8, 4) is 0 Å². The summed E-state index contributed by atoms with van der Waals surface area (Å²) < 4.78 is 13.8. The number of carbonyl (C=O) groups is 2. The molecule has 2 N–H and O–H groups in total. The summed E-state index contributed by atoms with van der Waals surface area (Å²) >= 11 is 0. The Morgan fingerprint density at radius 3 is 2.61 bits per heavy atom. The van der Waals surface area contributed by atoms with Crippen LogP contribution in [0, 0.1) is 11.7 Å². The molecule has 23 heavy (non-hydrogen) atoms. The molecule has 118 valence electrons. The van der Waals surface area contributed by atoms with Gasteiger partial charge in [0.1, 0.15) is 5.82 Å². The van der Waals surface area contributed by atoms with Gasteiger partial charge in [-0.25, -0.2) is 4.39 Å². The third-order valence-corrected chi connectivity index (χ3v) is 4.13. The van der Waals surface area contributed by atoms with Crippen molar-refractivity contribution in [2.75, 3.05) is 11.4 Å². The van der Waals surface area contributed by atoms with E-state index in [0.29, 0.717) is 24.9 Å². The quantitative estimate of drug-likeness (QED) is 0.943. The van der Waals surface area contributed by atoms with Crippen LogP contribution in [0.4, 0.5) is 10.1 Å². The van der Waals surface area contributed by atoms with Crippen molar-refractivity contribution in [1.82, 2.24) is 0 Å². The number of amides is 2. The van der Waals surface area contributed by atoms with Crippen LogP contribution in [0.25, 0.3) is 0 Å². The van der Waals surface area contributed by atoms with Gasteiger partial charge in [0.25, 0.3) is 5.91 Å². The van der Waals surface area contributed by atoms with Gasteiger partial charge < -0.3 is 10.6 Å². The van der Waals surface area contributed by atoms with Crippen LogP contribution in [0.3, 0.4) is 0 Å². The lowest BCUT2D eigenvalue weighted by Crippen LogP contribution is -2.24. The van der Waals surface area contributed by atoms with Crippen LogP contribution >= 0.6 is 0 Å². The monoisotopic (exact) mass is 312 g/mol. The Morgan fingerprint density at radius 1 is 1.17 bits per heavy atom. The fraction of sp³-hybridized carbons (Fsp3) is 0.222. The number of hydrogen-bond acceptors (Lipinski definition) is 2. The van der Waals surface area contributed by atoms with Crippen LogP contribution < -0.4 is 10.6 Å². The zero-order valence-corrected chi connectivity index (χ0v) is 12.5. The van der Waals surface area contributed by atoms with Crippen LogP contribution in [-0.4, -0.2) is 18.4 Å². The smallest absolute Gasteiger partial charge is 0.251 e. The highest BCUT2D eigenvalue weighted by molar-refractivity contribution is 5.96. The Balaban J connectivity index is 1.80. The van der Waals surface area contributed by atoms with Crippen LogP contribution in [-0.2, 0) is 11.2 Å². The van der Waals surface area contributed by atoms with Gasteiger partial charge in [0.05, 0.1) is 5.56 Å². The molecule has 0 spiro atoms. The first-order chi connectivity index (χ1) is 11.1. The molecule has 1 fully saturated rings. The van der Waals surface area contributed by atoms with Crippen molar-refractivity contribution in [2.24, 2.45) is 11.7 Å². The Labute approximate surface area is 133 Å². The van der Waals surface area contributed by atoms with Gasteiger partial charge >= 0.3 is 0 Å². The minimum Gasteiger partial charge on any atom is -0.365 e. The largest absolute Gasteiger partial charge is 0.365 e. The van der Waals surface area contributed by atoms with E-state index in [1.54, 1.807) is 17.0 Å². The predicted molar refractivity (Wildman–Crippen MR) is 85.5 cm³/mol. The Kier molecular flexibility index (Phi) is 4.10. The zero-order valence-electron chi connectivity index (χ0n) is 12.5. The van der Waals surface area contributed by atoms with Crippen molar-refractivity contribution in [1.29, 1.82) is 0 Å². The molecule has 0 saturated carbocycles. The van der Waals surface area contributed by atoms with Gasteiger partial charge in [-0.1, -0.05) is 30.3 Å². The molecule has 1 aliphatic heterocycles. The number of primary amides is 1. The van der Waals surface area contributed by atoms with E-state index in [9.17, 15) is 14.0 Å². The van der Waals surface area contributed by atoms with Gasteiger partial charge in [0, 0.05) is 18.7 Å². The molecular weight excluding hydrogens is 295 g/mol. The number of benzene rings is 2. The maximum atomic E-state index is 13.8. The number of hydrogen-bond donors (Lipinski definition) is 1. The van der Waals surface area contributed by atoms with Gasteiger partial charge in [-0.15, -0.1) is 0 Å². The first kappa shape index (κ1) is 15.2. The van der Waals surface area contributed by atoms with E-state index >= 15 is 0 Å². The van der Waals surface area contributed by atoms with E-state index in [1.807, 2.05) is 30.3 Å². The highest BCUT2D eigenvalue weighted by atomic mass is 19.1. The van der Waals surface area contributed by atoms with E-state index in [1.165, 1.54) is 6.07 Å². The first-order valence-corrected chi connectivity index (χ1v) is 7.49. The summed E-state index contributed by atoms with van der Waals surface area (Å²) in [7, 11) is 0. The van der Waals surface area contributed by atoms with Gasteiger partial charge in [-0.05, 0) is 36.1 Å². The second kappa shape index (κ2) is 6.20. The molecule has 3 rings (SSSR count). The zero-order chi connectivity index (χ0) is 16.4. The molecule has 0 aromatic heterocycles. The SMILES string of the molecule is NC(=O)c1c(F)cccc1C[C@H]1CC(=O)N(c2ccccc2)C1. The molecule has 2 amide bonds. The van der Waals surface area contributed by atoms with Gasteiger partial charge in [-0.2, -0.15) is 0 Å². The highest BCUT2D eigenvalue weighted by Gasteiger charge is 2.31. The maximum Gasteiger partial charge on any atom is 0.251 e. The topological polar surface area (TPSA) is 63.4 Å². The summed E-state index contributed by atoms with van der Waals surface area (Å²) in [5.74, 6) is -1.32. The number of para-hydroxylation sites is 1. The van der Waals surface area contributed by atoms with Crippen molar-refractivity contribution in [2.45, 2.75) is 12.8 Å². The second-order valence-corrected chi connectivity index (χ2v) is 5.75. The molecule has 0 bridgehead atoms. The number of carbonyl (C=O) groups excluding carboxylic acids is 2. The fourth-order valence-electron chi connectivity index (χ4n) is 3.10. The molecule has 1 atom stereocenters. The van der Waals surface area contributed by atoms with Crippen LogP contribution in [0.15, 0.2) is 48.5 Å². The molecule has 1 heterocycles. The first-order valence-electron chi connectivity index (χ1n) is 7.49. The average Bonchev–Trinajstić information content (AvgIpc) is 2.88. The normalized spacial score (nSPS) is 17.5. The second-order valence-electron chi connectivity index (χ2n) is 5.75. The molecule has 1 saturated heterocycles. The lowest BCUT2D eigenvalue weighted by molar-refractivity contribution is -0.117.